The molecule has 2 N–H and O–H groups in total. The molecule has 1 aliphatic heterocycles. The molecule has 0 aliphatic carbocycles. The van der Waals surface area contributed by atoms with Crippen LogP contribution in [-0.4, -0.2) is 19.1 Å². The molecule has 0 saturated heterocycles. The van der Waals surface area contributed by atoms with E-state index in [1.165, 1.54) is 19.3 Å². The van der Waals surface area contributed by atoms with E-state index in [4.69, 9.17) is 0 Å². The lowest BCUT2D eigenvalue weighted by molar-refractivity contribution is 0.567. The highest BCUT2D eigenvalue weighted by Gasteiger charge is 2.11. The first-order chi connectivity index (χ1) is 8.27. The normalized spacial score (nSPS) is 15.0. The maximum Gasteiger partial charge on any atom is 0.0211 e. The monoisotopic (exact) mass is 232 g/mol. The molecule has 0 amide bonds. The van der Waals surface area contributed by atoms with Gasteiger partial charge in [0.15, 0.2) is 0 Å². The first-order valence-corrected chi connectivity index (χ1v) is 6.81. The third-order valence-corrected chi connectivity index (χ3v) is 3.42. The molecule has 0 radical (unpaired) electrons. The van der Waals surface area contributed by atoms with Gasteiger partial charge in [-0.3, -0.25) is 0 Å². The minimum atomic E-state index is 0.598. The van der Waals surface area contributed by atoms with Gasteiger partial charge in [0.05, 0.1) is 0 Å². The number of fused-ring (bicyclic) bond motifs is 1. The molecular formula is C15H24N2. The lowest BCUT2D eigenvalue weighted by atomic mass is 9.93. The number of aryl methyl sites for hydroxylation is 1. The molecule has 1 aliphatic rings. The fourth-order valence-electron chi connectivity index (χ4n) is 2.49. The van der Waals surface area contributed by atoms with Crippen molar-refractivity contribution in [3.63, 3.8) is 0 Å². The summed E-state index contributed by atoms with van der Waals surface area (Å²) in [7, 11) is 0. The van der Waals surface area contributed by atoms with Gasteiger partial charge in [-0.15, -0.1) is 0 Å². The first kappa shape index (κ1) is 12.6. The van der Waals surface area contributed by atoms with Crippen LogP contribution >= 0.6 is 0 Å². The quantitative estimate of drug-likeness (QED) is 0.761. The van der Waals surface area contributed by atoms with Crippen molar-refractivity contribution in [1.29, 1.82) is 0 Å². The molecular weight excluding hydrogens is 208 g/mol. The summed E-state index contributed by atoms with van der Waals surface area (Å²) >= 11 is 0. The van der Waals surface area contributed by atoms with Crippen molar-refractivity contribution in [3.05, 3.63) is 34.9 Å². The molecule has 1 aromatic rings. The Bertz CT molecular complexity index is 358. The number of hydrogen-bond acceptors (Lipinski definition) is 2. The molecule has 1 heterocycles. The first-order valence-electron chi connectivity index (χ1n) is 6.81. The second-order valence-electron chi connectivity index (χ2n) is 5.19. The summed E-state index contributed by atoms with van der Waals surface area (Å²) in [5.74, 6) is 0. The van der Waals surface area contributed by atoms with Crippen LogP contribution in [0, 0.1) is 0 Å². The number of nitrogens with one attached hydrogen (secondary N) is 2. The maximum atomic E-state index is 3.48. The average molecular weight is 232 g/mol. The lowest BCUT2D eigenvalue weighted by Crippen LogP contribution is -2.26. The standard InChI is InChI=1S/C15H24N2/c1-12(2)17-9-4-7-13-5-3-6-14-8-10-16-11-15(13)14/h3,5-6,12,16-17H,4,7-11H2,1-2H3. The Balaban J connectivity index is 1.92. The van der Waals surface area contributed by atoms with Crippen molar-refractivity contribution >= 4 is 0 Å². The van der Waals surface area contributed by atoms with E-state index >= 15 is 0 Å². The summed E-state index contributed by atoms with van der Waals surface area (Å²) in [6.45, 7) is 7.71. The van der Waals surface area contributed by atoms with Crippen LogP contribution in [0.4, 0.5) is 0 Å². The third-order valence-electron chi connectivity index (χ3n) is 3.42. The van der Waals surface area contributed by atoms with E-state index in [9.17, 15) is 0 Å². The van der Waals surface area contributed by atoms with Crippen molar-refractivity contribution in [2.75, 3.05) is 13.1 Å². The average Bonchev–Trinajstić information content (AvgIpc) is 2.34. The Morgan fingerprint density at radius 2 is 2.24 bits per heavy atom. The van der Waals surface area contributed by atoms with Gasteiger partial charge in [-0.25, -0.2) is 0 Å². The third kappa shape index (κ3) is 3.55. The van der Waals surface area contributed by atoms with Gasteiger partial charge in [-0.2, -0.15) is 0 Å². The van der Waals surface area contributed by atoms with E-state index in [1.807, 2.05) is 0 Å². The summed E-state index contributed by atoms with van der Waals surface area (Å²) in [5, 5.41) is 6.95. The fraction of sp³-hybridized carbons (Fsp3) is 0.600. The molecule has 0 spiro atoms. The Morgan fingerprint density at radius 1 is 1.35 bits per heavy atom. The summed E-state index contributed by atoms with van der Waals surface area (Å²) in [6, 6.07) is 7.39. The van der Waals surface area contributed by atoms with Gasteiger partial charge < -0.3 is 10.6 Å². The Hall–Kier alpha value is -0.860. The topological polar surface area (TPSA) is 24.1 Å². The second-order valence-corrected chi connectivity index (χ2v) is 5.19. The molecule has 2 nitrogen and oxygen atoms in total. The van der Waals surface area contributed by atoms with Crippen LogP contribution in [0.5, 0.6) is 0 Å². The molecule has 2 rings (SSSR count). The smallest absolute Gasteiger partial charge is 0.0211 e. The molecule has 17 heavy (non-hydrogen) atoms. The highest BCUT2D eigenvalue weighted by Crippen LogP contribution is 2.19. The van der Waals surface area contributed by atoms with Gasteiger partial charge in [-0.05, 0) is 49.0 Å². The highest BCUT2D eigenvalue weighted by atomic mass is 14.9. The van der Waals surface area contributed by atoms with Gasteiger partial charge in [-0.1, -0.05) is 32.0 Å². The van der Waals surface area contributed by atoms with Crippen LogP contribution in [0.15, 0.2) is 18.2 Å². The Kier molecular flexibility index (Phi) is 4.57. The zero-order chi connectivity index (χ0) is 12.1. The van der Waals surface area contributed by atoms with Crippen LogP contribution in [0.1, 0.15) is 37.0 Å². The van der Waals surface area contributed by atoms with Crippen LogP contribution in [0.3, 0.4) is 0 Å². The summed E-state index contributed by atoms with van der Waals surface area (Å²) in [4.78, 5) is 0. The van der Waals surface area contributed by atoms with E-state index in [0.717, 1.165) is 19.6 Å². The van der Waals surface area contributed by atoms with Gasteiger partial charge in [0, 0.05) is 12.6 Å². The van der Waals surface area contributed by atoms with E-state index in [-0.39, 0.29) is 0 Å². The maximum absolute atomic E-state index is 3.48. The SMILES string of the molecule is CC(C)NCCCc1cccc2c1CNCC2. The molecule has 0 bridgehead atoms. The molecule has 0 fully saturated rings. The van der Waals surface area contributed by atoms with Crippen LogP contribution in [0.2, 0.25) is 0 Å². The zero-order valence-electron chi connectivity index (χ0n) is 11.1. The van der Waals surface area contributed by atoms with Gasteiger partial charge in [0.2, 0.25) is 0 Å². The highest BCUT2D eigenvalue weighted by molar-refractivity contribution is 5.37. The van der Waals surface area contributed by atoms with Crippen LogP contribution in [0.25, 0.3) is 0 Å². The lowest BCUT2D eigenvalue weighted by Gasteiger charge is -2.20. The van der Waals surface area contributed by atoms with E-state index in [0.29, 0.717) is 6.04 Å². The second kappa shape index (κ2) is 6.18. The van der Waals surface area contributed by atoms with E-state index < -0.39 is 0 Å². The summed E-state index contributed by atoms with van der Waals surface area (Å²) in [5.41, 5.74) is 4.65. The van der Waals surface area contributed by atoms with E-state index in [1.54, 1.807) is 16.7 Å². The molecule has 0 aromatic heterocycles. The molecule has 1 aromatic carbocycles. The summed E-state index contributed by atoms with van der Waals surface area (Å²) in [6.07, 6.45) is 3.62. The van der Waals surface area contributed by atoms with Gasteiger partial charge >= 0.3 is 0 Å². The molecule has 0 atom stereocenters. The largest absolute Gasteiger partial charge is 0.315 e. The summed E-state index contributed by atoms with van der Waals surface area (Å²) < 4.78 is 0. The van der Waals surface area contributed by atoms with Gasteiger partial charge in [0.1, 0.15) is 0 Å². The van der Waals surface area contributed by atoms with Crippen molar-refractivity contribution < 1.29 is 0 Å². The molecule has 2 heteroatoms. The molecule has 0 saturated carbocycles. The minimum absolute atomic E-state index is 0.598. The van der Waals surface area contributed by atoms with Gasteiger partial charge in [0.25, 0.3) is 0 Å². The number of benzene rings is 1. The molecule has 94 valence electrons. The number of hydrogen-bond donors (Lipinski definition) is 2. The Labute approximate surface area is 105 Å². The van der Waals surface area contributed by atoms with Crippen molar-refractivity contribution in [2.45, 2.75) is 45.7 Å². The van der Waals surface area contributed by atoms with Crippen LogP contribution < -0.4 is 10.6 Å². The number of rotatable bonds is 5. The van der Waals surface area contributed by atoms with Crippen molar-refractivity contribution in [2.24, 2.45) is 0 Å². The minimum Gasteiger partial charge on any atom is -0.315 e. The fourth-order valence-corrected chi connectivity index (χ4v) is 2.49. The zero-order valence-corrected chi connectivity index (χ0v) is 11.1. The van der Waals surface area contributed by atoms with Crippen molar-refractivity contribution in [3.8, 4) is 0 Å². The van der Waals surface area contributed by atoms with Crippen LogP contribution in [-0.2, 0) is 19.4 Å². The van der Waals surface area contributed by atoms with Crippen molar-refractivity contribution in [1.82, 2.24) is 10.6 Å². The molecule has 0 unspecified atom stereocenters. The van der Waals surface area contributed by atoms with E-state index in [2.05, 4.69) is 42.7 Å². The predicted molar refractivity (Wildman–Crippen MR) is 73.3 cm³/mol. The Morgan fingerprint density at radius 3 is 3.06 bits per heavy atom. The predicted octanol–water partition coefficient (Wildman–Crippen LogP) is 2.26.